The number of carbonyl (C=O) groups excluding carboxylic acids is 2. The second-order valence-corrected chi connectivity index (χ2v) is 8.09. The molecule has 3 rings (SSSR count). The molecule has 0 aromatic heterocycles. The van der Waals surface area contributed by atoms with Gasteiger partial charge < -0.3 is 29.4 Å². The van der Waals surface area contributed by atoms with Gasteiger partial charge in [-0.2, -0.15) is 0 Å². The highest BCUT2D eigenvalue weighted by Gasteiger charge is 2.51. The molecule has 1 aromatic rings. The van der Waals surface area contributed by atoms with Gasteiger partial charge in [0.2, 0.25) is 5.91 Å². The molecule has 0 bridgehead atoms. The number of hydrogen-bond donors (Lipinski definition) is 2. The number of carbonyl (C=O) groups is 2. The Morgan fingerprint density at radius 2 is 1.87 bits per heavy atom. The molecule has 0 spiro atoms. The van der Waals surface area contributed by atoms with Gasteiger partial charge in [0.1, 0.15) is 18.2 Å². The number of ether oxygens (including phenoxy) is 4. The number of unbranched alkanes of at least 4 members (excludes halogenated alkanes) is 4. The van der Waals surface area contributed by atoms with Gasteiger partial charge in [0, 0.05) is 18.9 Å². The Balaban J connectivity index is 1.71. The van der Waals surface area contributed by atoms with Gasteiger partial charge in [0.05, 0.1) is 6.61 Å². The van der Waals surface area contributed by atoms with E-state index in [0.29, 0.717) is 0 Å². The largest absolute Gasteiger partial charge is 0.457 e. The first kappa shape index (κ1) is 23.7. The third-order valence-electron chi connectivity index (χ3n) is 5.55. The summed E-state index contributed by atoms with van der Waals surface area (Å²) in [6.45, 7) is 3.64. The third kappa shape index (κ3) is 6.49. The van der Waals surface area contributed by atoms with Crippen LogP contribution in [0.15, 0.2) is 30.3 Å². The van der Waals surface area contributed by atoms with Crippen molar-refractivity contribution < 1.29 is 33.6 Å². The first-order valence-corrected chi connectivity index (χ1v) is 11.1. The zero-order valence-corrected chi connectivity index (χ0v) is 18.2. The van der Waals surface area contributed by atoms with Crippen molar-refractivity contribution in [1.29, 1.82) is 0 Å². The van der Waals surface area contributed by atoms with Crippen molar-refractivity contribution in [1.82, 2.24) is 5.32 Å². The highest BCUT2D eigenvalue weighted by molar-refractivity contribution is 5.73. The molecule has 2 saturated heterocycles. The average Bonchev–Trinajstić information content (AvgIpc) is 2.76. The number of hydrogen-bond acceptors (Lipinski definition) is 7. The first-order chi connectivity index (χ1) is 15.0. The zero-order chi connectivity index (χ0) is 22.2. The number of rotatable bonds is 9. The van der Waals surface area contributed by atoms with E-state index >= 15 is 0 Å². The van der Waals surface area contributed by atoms with Crippen molar-refractivity contribution in [3.63, 3.8) is 0 Å². The van der Waals surface area contributed by atoms with Crippen LogP contribution in [0.2, 0.25) is 0 Å². The van der Waals surface area contributed by atoms with Crippen molar-refractivity contribution >= 4 is 11.9 Å². The van der Waals surface area contributed by atoms with E-state index in [4.69, 9.17) is 18.9 Å². The van der Waals surface area contributed by atoms with Crippen molar-refractivity contribution in [2.24, 2.45) is 0 Å². The van der Waals surface area contributed by atoms with E-state index in [9.17, 15) is 14.7 Å². The Morgan fingerprint density at radius 1 is 1.13 bits per heavy atom. The van der Waals surface area contributed by atoms with Crippen LogP contribution in [-0.4, -0.2) is 54.2 Å². The van der Waals surface area contributed by atoms with Crippen LogP contribution in [0.1, 0.15) is 64.2 Å². The number of aliphatic hydroxyl groups excluding tert-OH is 1. The maximum Gasteiger partial charge on any atom is 0.306 e. The Morgan fingerprint density at radius 3 is 2.58 bits per heavy atom. The first-order valence-electron chi connectivity index (χ1n) is 11.1. The second-order valence-electron chi connectivity index (χ2n) is 8.09. The highest BCUT2D eigenvalue weighted by Crippen LogP contribution is 2.35. The topological polar surface area (TPSA) is 103 Å². The fourth-order valence-corrected chi connectivity index (χ4v) is 3.98. The normalized spacial score (nSPS) is 30.3. The number of amides is 1. The molecule has 31 heavy (non-hydrogen) atoms. The maximum atomic E-state index is 12.6. The third-order valence-corrected chi connectivity index (χ3v) is 5.55. The standard InChI is InChI=1S/C23H33NO7/c1-3-4-5-6-10-13-18(26)30-21-19(24-15(2)25)22(27)29-17-14-28-23(31-20(17)21)16-11-8-7-9-12-16/h7-9,11-12,17,19-23,27H,3-6,10,13-14H2,1-2H3,(H,24,25)/t17?,19-,20+,21?,22+,23?/m0/s1. The van der Waals surface area contributed by atoms with Crippen LogP contribution in [0.25, 0.3) is 0 Å². The van der Waals surface area contributed by atoms with E-state index in [0.717, 1.165) is 37.7 Å². The second kappa shape index (κ2) is 11.6. The van der Waals surface area contributed by atoms with Crippen LogP contribution in [0, 0.1) is 0 Å². The maximum absolute atomic E-state index is 12.6. The lowest BCUT2D eigenvalue weighted by Gasteiger charge is -2.47. The van der Waals surface area contributed by atoms with Crippen molar-refractivity contribution in [2.75, 3.05) is 6.61 Å². The van der Waals surface area contributed by atoms with E-state index < -0.39 is 36.9 Å². The van der Waals surface area contributed by atoms with E-state index in [-0.39, 0.29) is 24.9 Å². The summed E-state index contributed by atoms with van der Waals surface area (Å²) < 4.78 is 23.3. The molecule has 8 nitrogen and oxygen atoms in total. The fraction of sp³-hybridized carbons (Fsp3) is 0.652. The van der Waals surface area contributed by atoms with E-state index in [1.165, 1.54) is 6.92 Å². The summed E-state index contributed by atoms with van der Waals surface area (Å²) in [6.07, 6.45) is 1.13. The molecule has 2 fully saturated rings. The predicted octanol–water partition coefficient (Wildman–Crippen LogP) is 2.59. The van der Waals surface area contributed by atoms with Crippen LogP contribution in [-0.2, 0) is 28.5 Å². The van der Waals surface area contributed by atoms with Gasteiger partial charge in [-0.15, -0.1) is 0 Å². The average molecular weight is 436 g/mol. The highest BCUT2D eigenvalue weighted by atomic mass is 16.7. The molecule has 1 amide bonds. The molecule has 2 heterocycles. The van der Waals surface area contributed by atoms with E-state index in [2.05, 4.69) is 12.2 Å². The Bertz CT molecular complexity index is 713. The summed E-state index contributed by atoms with van der Waals surface area (Å²) in [5.74, 6) is -0.741. The zero-order valence-electron chi connectivity index (χ0n) is 18.2. The number of aliphatic hydroxyl groups is 1. The summed E-state index contributed by atoms with van der Waals surface area (Å²) in [4.78, 5) is 24.3. The van der Waals surface area contributed by atoms with Gasteiger partial charge in [-0.3, -0.25) is 9.59 Å². The summed E-state index contributed by atoms with van der Waals surface area (Å²) >= 11 is 0. The van der Waals surface area contributed by atoms with Crippen LogP contribution >= 0.6 is 0 Å². The Kier molecular flexibility index (Phi) is 8.83. The Hall–Kier alpha value is -2.00. The molecule has 2 aliphatic heterocycles. The van der Waals surface area contributed by atoms with Gasteiger partial charge in [0.25, 0.3) is 0 Å². The molecule has 1 aromatic carbocycles. The van der Waals surface area contributed by atoms with Crippen LogP contribution < -0.4 is 5.32 Å². The van der Waals surface area contributed by atoms with Crippen LogP contribution in [0.3, 0.4) is 0 Å². The lowest BCUT2D eigenvalue weighted by atomic mass is 9.95. The minimum Gasteiger partial charge on any atom is -0.457 e. The van der Waals surface area contributed by atoms with E-state index in [1.807, 2.05) is 30.3 Å². The number of fused-ring (bicyclic) bond motifs is 1. The van der Waals surface area contributed by atoms with Gasteiger partial charge in [-0.25, -0.2) is 0 Å². The predicted molar refractivity (Wildman–Crippen MR) is 112 cm³/mol. The molecule has 3 unspecified atom stereocenters. The SMILES string of the molecule is CCCCCCCC(=O)OC1[C@@H]2OC(c3ccccc3)OCC2O[C@@H](O)[C@H]1NC(C)=O. The van der Waals surface area contributed by atoms with Crippen LogP contribution in [0.4, 0.5) is 0 Å². The molecule has 0 aliphatic carbocycles. The van der Waals surface area contributed by atoms with E-state index in [1.54, 1.807) is 0 Å². The molecule has 8 heteroatoms. The van der Waals surface area contributed by atoms with Gasteiger partial charge in [-0.05, 0) is 6.42 Å². The molecule has 0 saturated carbocycles. The molecular formula is C23H33NO7. The molecule has 6 atom stereocenters. The van der Waals surface area contributed by atoms with Crippen molar-refractivity contribution in [3.8, 4) is 0 Å². The van der Waals surface area contributed by atoms with Crippen LogP contribution in [0.5, 0.6) is 0 Å². The lowest BCUT2D eigenvalue weighted by molar-refractivity contribution is -0.338. The molecular weight excluding hydrogens is 402 g/mol. The minimum absolute atomic E-state index is 0.166. The smallest absolute Gasteiger partial charge is 0.306 e. The monoisotopic (exact) mass is 435 g/mol. The fourth-order valence-electron chi connectivity index (χ4n) is 3.98. The molecule has 2 N–H and O–H groups in total. The minimum atomic E-state index is -1.34. The number of nitrogens with one attached hydrogen (secondary N) is 1. The summed E-state index contributed by atoms with van der Waals surface area (Å²) in [5, 5.41) is 13.1. The van der Waals surface area contributed by atoms with Gasteiger partial charge in [-0.1, -0.05) is 62.9 Å². The van der Waals surface area contributed by atoms with Crippen molar-refractivity contribution in [2.45, 2.75) is 89.3 Å². The molecule has 172 valence electrons. The van der Waals surface area contributed by atoms with Gasteiger partial charge in [0.15, 0.2) is 18.7 Å². The van der Waals surface area contributed by atoms with Gasteiger partial charge >= 0.3 is 5.97 Å². The molecule has 0 radical (unpaired) electrons. The lowest BCUT2D eigenvalue weighted by Crippen LogP contribution is -2.67. The van der Waals surface area contributed by atoms with Crippen molar-refractivity contribution in [3.05, 3.63) is 35.9 Å². The quantitative estimate of drug-likeness (QED) is 0.454. The Labute approximate surface area is 183 Å². The molecule has 2 aliphatic rings. The number of esters is 1. The summed E-state index contributed by atoms with van der Waals surface area (Å²) in [5.41, 5.74) is 0.823. The summed E-state index contributed by atoms with van der Waals surface area (Å²) in [6, 6.07) is 8.49. The number of benzene rings is 1. The summed E-state index contributed by atoms with van der Waals surface area (Å²) in [7, 11) is 0.